The molecule has 0 aliphatic carbocycles. The second-order valence-electron chi connectivity index (χ2n) is 6.73. The molecule has 2 N–H and O–H groups in total. The number of urea groups is 1. The van der Waals surface area contributed by atoms with E-state index in [9.17, 15) is 14.4 Å². The minimum Gasteiger partial charge on any atom is -0.334 e. The molecule has 31 heavy (non-hydrogen) atoms. The molecule has 3 amide bonds. The third-order valence-corrected chi connectivity index (χ3v) is 5.91. The molecule has 4 aromatic rings. The third-order valence-electron chi connectivity index (χ3n) is 4.50. The Bertz CT molecular complexity index is 1300. The Hall–Kier alpha value is -3.49. The first kappa shape index (κ1) is 20.8. The van der Waals surface area contributed by atoms with Gasteiger partial charge in [-0.15, -0.1) is 11.3 Å². The lowest BCUT2D eigenvalue weighted by Crippen LogP contribution is -2.41. The van der Waals surface area contributed by atoms with Gasteiger partial charge in [0.05, 0.1) is 11.8 Å². The van der Waals surface area contributed by atoms with Crippen LogP contribution in [0.5, 0.6) is 0 Å². The second-order valence-corrected chi connectivity index (χ2v) is 8.21. The van der Waals surface area contributed by atoms with Crippen LogP contribution in [0.3, 0.4) is 0 Å². The van der Waals surface area contributed by atoms with Gasteiger partial charge < -0.3 is 5.32 Å². The van der Waals surface area contributed by atoms with Crippen LogP contribution in [0, 0.1) is 0 Å². The normalized spacial score (nSPS) is 10.7. The highest BCUT2D eigenvalue weighted by molar-refractivity contribution is 7.22. The number of rotatable bonds is 5. The number of hydrogen-bond acceptors (Lipinski definition) is 5. The molecule has 2 aromatic carbocycles. The molecule has 0 atom stereocenters. The summed E-state index contributed by atoms with van der Waals surface area (Å²) >= 11 is 7.22. The lowest BCUT2D eigenvalue weighted by atomic mass is 10.2. The quantitative estimate of drug-likeness (QED) is 0.481. The van der Waals surface area contributed by atoms with Crippen molar-refractivity contribution >= 4 is 45.1 Å². The molecule has 4 rings (SSSR count). The standard InChI is InChI=1S/C22H17ClN4O3S/c23-16-8-6-15(7-9-16)18-10-17-20(31-18)21(29)27(13-25-17)12-19(28)26-22(30)24-11-14-4-2-1-3-5-14/h1-10,13H,11-12H2,(H2,24,26,28,30). The van der Waals surface area contributed by atoms with Gasteiger partial charge in [-0.05, 0) is 29.3 Å². The maximum atomic E-state index is 12.8. The minimum atomic E-state index is -0.628. The maximum Gasteiger partial charge on any atom is 0.321 e. The lowest BCUT2D eigenvalue weighted by molar-refractivity contribution is -0.120. The van der Waals surface area contributed by atoms with Crippen molar-refractivity contribution in [2.24, 2.45) is 0 Å². The van der Waals surface area contributed by atoms with Gasteiger partial charge in [-0.25, -0.2) is 9.78 Å². The summed E-state index contributed by atoms with van der Waals surface area (Å²) in [6, 6.07) is 17.8. The summed E-state index contributed by atoms with van der Waals surface area (Å²) in [5.41, 5.74) is 2.05. The number of carbonyl (C=O) groups excluding carboxylic acids is 2. The molecule has 2 aromatic heterocycles. The number of amides is 3. The van der Waals surface area contributed by atoms with Gasteiger partial charge in [0.2, 0.25) is 5.91 Å². The van der Waals surface area contributed by atoms with E-state index in [0.29, 0.717) is 15.2 Å². The monoisotopic (exact) mass is 452 g/mol. The summed E-state index contributed by atoms with van der Waals surface area (Å²) in [5.74, 6) is -0.608. The first-order chi connectivity index (χ1) is 15.0. The number of fused-ring (bicyclic) bond motifs is 1. The van der Waals surface area contributed by atoms with Crippen LogP contribution in [0.1, 0.15) is 5.56 Å². The molecule has 0 saturated heterocycles. The number of benzene rings is 2. The molecule has 156 valence electrons. The van der Waals surface area contributed by atoms with Crippen molar-refractivity contribution in [2.45, 2.75) is 13.1 Å². The first-order valence-corrected chi connectivity index (χ1v) is 10.6. The molecule has 0 fully saturated rings. The van der Waals surface area contributed by atoms with E-state index >= 15 is 0 Å². The molecule has 2 heterocycles. The topological polar surface area (TPSA) is 93.1 Å². The van der Waals surface area contributed by atoms with Gasteiger partial charge in [0.25, 0.3) is 5.56 Å². The molecular weight excluding hydrogens is 436 g/mol. The van der Waals surface area contributed by atoms with Gasteiger partial charge in [-0.3, -0.25) is 19.5 Å². The van der Waals surface area contributed by atoms with E-state index in [2.05, 4.69) is 15.6 Å². The zero-order chi connectivity index (χ0) is 21.8. The van der Waals surface area contributed by atoms with Gasteiger partial charge in [-0.1, -0.05) is 54.1 Å². The fourth-order valence-corrected chi connectivity index (χ4v) is 4.15. The molecule has 0 bridgehead atoms. The van der Waals surface area contributed by atoms with Crippen molar-refractivity contribution in [3.63, 3.8) is 0 Å². The summed E-state index contributed by atoms with van der Waals surface area (Å²) in [6.07, 6.45) is 1.31. The number of imide groups is 1. The van der Waals surface area contributed by atoms with E-state index in [-0.39, 0.29) is 18.6 Å². The van der Waals surface area contributed by atoms with E-state index in [1.807, 2.05) is 48.5 Å². The van der Waals surface area contributed by atoms with Gasteiger partial charge in [-0.2, -0.15) is 0 Å². The zero-order valence-corrected chi connectivity index (χ0v) is 17.7. The zero-order valence-electron chi connectivity index (χ0n) is 16.2. The Morgan fingerprint density at radius 3 is 2.55 bits per heavy atom. The van der Waals surface area contributed by atoms with E-state index < -0.39 is 11.9 Å². The second kappa shape index (κ2) is 9.11. The summed E-state index contributed by atoms with van der Waals surface area (Å²) in [7, 11) is 0. The largest absolute Gasteiger partial charge is 0.334 e. The van der Waals surface area contributed by atoms with Crippen LogP contribution in [-0.4, -0.2) is 21.5 Å². The minimum absolute atomic E-state index is 0.288. The maximum absolute atomic E-state index is 12.8. The number of aromatic nitrogens is 2. The highest BCUT2D eigenvalue weighted by atomic mass is 35.5. The van der Waals surface area contributed by atoms with E-state index in [4.69, 9.17) is 11.6 Å². The molecule has 0 aliphatic heterocycles. The molecule has 0 saturated carbocycles. The Morgan fingerprint density at radius 1 is 1.06 bits per heavy atom. The van der Waals surface area contributed by atoms with Crippen LogP contribution in [0.15, 0.2) is 71.8 Å². The van der Waals surface area contributed by atoms with E-state index in [1.54, 1.807) is 12.1 Å². The van der Waals surface area contributed by atoms with Crippen molar-refractivity contribution in [1.82, 2.24) is 20.2 Å². The number of nitrogens with one attached hydrogen (secondary N) is 2. The molecule has 9 heteroatoms. The fraction of sp³-hybridized carbons (Fsp3) is 0.0909. The smallest absolute Gasteiger partial charge is 0.321 e. The van der Waals surface area contributed by atoms with Gasteiger partial charge in [0.1, 0.15) is 11.2 Å². The number of carbonyl (C=O) groups is 2. The van der Waals surface area contributed by atoms with Crippen LogP contribution in [-0.2, 0) is 17.9 Å². The summed E-state index contributed by atoms with van der Waals surface area (Å²) in [5, 5.41) is 5.46. The number of halogens is 1. The molecule has 0 radical (unpaired) electrons. The Morgan fingerprint density at radius 2 is 1.81 bits per heavy atom. The van der Waals surface area contributed by atoms with Crippen LogP contribution in [0.4, 0.5) is 4.79 Å². The van der Waals surface area contributed by atoms with Crippen LogP contribution < -0.4 is 16.2 Å². The molecule has 7 nitrogen and oxygen atoms in total. The Balaban J connectivity index is 1.43. The molecule has 0 aliphatic rings. The first-order valence-electron chi connectivity index (χ1n) is 9.36. The summed E-state index contributed by atoms with van der Waals surface area (Å²) in [6.45, 7) is -0.0230. The Labute approximate surface area is 186 Å². The van der Waals surface area contributed by atoms with Gasteiger partial charge in [0, 0.05) is 16.4 Å². The van der Waals surface area contributed by atoms with E-state index in [0.717, 1.165) is 16.0 Å². The highest BCUT2D eigenvalue weighted by Gasteiger charge is 2.14. The van der Waals surface area contributed by atoms with Crippen LogP contribution in [0.25, 0.3) is 20.7 Å². The van der Waals surface area contributed by atoms with Crippen molar-refractivity contribution in [3.05, 3.63) is 87.9 Å². The van der Waals surface area contributed by atoms with Crippen molar-refractivity contribution in [1.29, 1.82) is 0 Å². The number of hydrogen-bond donors (Lipinski definition) is 2. The summed E-state index contributed by atoms with van der Waals surface area (Å²) < 4.78 is 1.62. The number of thiophene rings is 1. The fourth-order valence-electron chi connectivity index (χ4n) is 2.96. The predicted molar refractivity (Wildman–Crippen MR) is 121 cm³/mol. The lowest BCUT2D eigenvalue weighted by Gasteiger charge is -2.08. The Kier molecular flexibility index (Phi) is 6.11. The third kappa shape index (κ3) is 4.99. The van der Waals surface area contributed by atoms with Crippen LogP contribution in [0.2, 0.25) is 5.02 Å². The molecule has 0 unspecified atom stereocenters. The molecular formula is C22H17ClN4O3S. The van der Waals surface area contributed by atoms with Crippen LogP contribution >= 0.6 is 22.9 Å². The number of nitrogens with zero attached hydrogens (tertiary/aromatic N) is 2. The van der Waals surface area contributed by atoms with Crippen molar-refractivity contribution in [3.8, 4) is 10.4 Å². The van der Waals surface area contributed by atoms with Crippen molar-refractivity contribution < 1.29 is 9.59 Å². The average molecular weight is 453 g/mol. The van der Waals surface area contributed by atoms with Gasteiger partial charge in [0.15, 0.2) is 0 Å². The van der Waals surface area contributed by atoms with Crippen molar-refractivity contribution in [2.75, 3.05) is 0 Å². The SMILES string of the molecule is O=C(Cn1cnc2cc(-c3ccc(Cl)cc3)sc2c1=O)NC(=O)NCc1ccccc1. The summed E-state index contributed by atoms with van der Waals surface area (Å²) in [4.78, 5) is 42.1. The average Bonchev–Trinajstić information content (AvgIpc) is 3.21. The molecule has 0 spiro atoms. The highest BCUT2D eigenvalue weighted by Crippen LogP contribution is 2.31. The van der Waals surface area contributed by atoms with E-state index in [1.165, 1.54) is 22.2 Å². The van der Waals surface area contributed by atoms with Gasteiger partial charge >= 0.3 is 6.03 Å². The predicted octanol–water partition coefficient (Wildman–Crippen LogP) is 3.80.